The van der Waals surface area contributed by atoms with E-state index in [1.54, 1.807) is 0 Å². The largest absolute Gasteiger partial charge is 0.478 e. The second kappa shape index (κ2) is 5.75. The third-order valence-electron chi connectivity index (χ3n) is 3.55. The summed E-state index contributed by atoms with van der Waals surface area (Å²) in [5.74, 6) is -3.37. The van der Waals surface area contributed by atoms with E-state index < -0.39 is 24.1 Å². The zero-order valence-corrected chi connectivity index (χ0v) is 11.1. The van der Waals surface area contributed by atoms with Crippen LogP contribution in [-0.2, 0) is 4.79 Å². The van der Waals surface area contributed by atoms with Crippen molar-refractivity contribution in [1.29, 1.82) is 0 Å². The summed E-state index contributed by atoms with van der Waals surface area (Å²) in [4.78, 5) is 23.5. The number of hydrogen-bond donors (Lipinski definition) is 1. The second-order valence-electron chi connectivity index (χ2n) is 4.93. The van der Waals surface area contributed by atoms with Crippen molar-refractivity contribution < 1.29 is 27.9 Å². The summed E-state index contributed by atoms with van der Waals surface area (Å²) in [5, 5.41) is 9.12. The highest BCUT2D eigenvalue weighted by Gasteiger charge is 2.46. The third-order valence-corrected chi connectivity index (χ3v) is 3.55. The van der Waals surface area contributed by atoms with Gasteiger partial charge in [-0.25, -0.2) is 4.79 Å². The third kappa shape index (κ3) is 3.17. The lowest BCUT2D eigenvalue weighted by molar-refractivity contribution is -0.171. The molecule has 21 heavy (non-hydrogen) atoms. The second-order valence-corrected chi connectivity index (χ2v) is 4.93. The predicted octanol–water partition coefficient (Wildman–Crippen LogP) is 3.22. The number of alkyl halides is 3. The van der Waals surface area contributed by atoms with E-state index in [0.717, 1.165) is 12.8 Å². The number of anilines is 1. The average molecular weight is 301 g/mol. The fourth-order valence-electron chi connectivity index (χ4n) is 2.64. The number of benzene rings is 1. The number of hydrogen-bond acceptors (Lipinski definition) is 2. The molecule has 1 N–H and O–H groups in total. The molecule has 4 nitrogen and oxygen atoms in total. The van der Waals surface area contributed by atoms with Gasteiger partial charge in [0, 0.05) is 6.04 Å². The van der Waals surface area contributed by atoms with Crippen LogP contribution in [0, 0.1) is 0 Å². The number of halogens is 3. The molecule has 1 aromatic rings. The van der Waals surface area contributed by atoms with Crippen LogP contribution in [0.5, 0.6) is 0 Å². The number of carbonyl (C=O) groups excluding carboxylic acids is 1. The summed E-state index contributed by atoms with van der Waals surface area (Å²) >= 11 is 0. The van der Waals surface area contributed by atoms with Crippen LogP contribution in [0.3, 0.4) is 0 Å². The van der Waals surface area contributed by atoms with Crippen molar-refractivity contribution in [3.63, 3.8) is 0 Å². The van der Waals surface area contributed by atoms with Crippen molar-refractivity contribution in [2.75, 3.05) is 4.90 Å². The van der Waals surface area contributed by atoms with Crippen molar-refractivity contribution >= 4 is 17.6 Å². The topological polar surface area (TPSA) is 57.6 Å². The van der Waals surface area contributed by atoms with Crippen molar-refractivity contribution in [1.82, 2.24) is 0 Å². The smallest absolute Gasteiger partial charge is 0.471 e. The van der Waals surface area contributed by atoms with Gasteiger partial charge in [0.1, 0.15) is 0 Å². The molecule has 2 rings (SSSR count). The summed E-state index contributed by atoms with van der Waals surface area (Å²) in [6, 6.07) is 4.67. The summed E-state index contributed by atoms with van der Waals surface area (Å²) in [5.41, 5.74) is -0.499. The SMILES string of the molecule is O=C(O)c1ccccc1N(C(=O)C(F)(F)F)C1CCCC1. The molecule has 0 unspecified atom stereocenters. The molecule has 0 atom stereocenters. The standard InChI is InChI=1S/C14H14F3NO3/c15-14(16,17)13(21)18(9-5-1-2-6-9)11-8-4-3-7-10(11)12(19)20/h3-4,7-9H,1-2,5-6H2,(H,19,20). The number of rotatable bonds is 3. The molecule has 1 aromatic carbocycles. The van der Waals surface area contributed by atoms with E-state index in [-0.39, 0.29) is 11.3 Å². The molecule has 7 heteroatoms. The fraction of sp³-hybridized carbons (Fsp3) is 0.429. The van der Waals surface area contributed by atoms with Gasteiger partial charge >= 0.3 is 18.1 Å². The van der Waals surface area contributed by atoms with E-state index >= 15 is 0 Å². The molecular weight excluding hydrogens is 287 g/mol. The number of aromatic carboxylic acids is 1. The molecule has 0 spiro atoms. The van der Waals surface area contributed by atoms with Gasteiger partial charge in [-0.05, 0) is 25.0 Å². The Morgan fingerprint density at radius 3 is 2.24 bits per heavy atom. The molecule has 0 aromatic heterocycles. The van der Waals surface area contributed by atoms with Crippen LogP contribution >= 0.6 is 0 Å². The predicted molar refractivity (Wildman–Crippen MR) is 69.2 cm³/mol. The van der Waals surface area contributed by atoms with Crippen LogP contribution < -0.4 is 4.90 Å². The Kier molecular flexibility index (Phi) is 4.20. The summed E-state index contributed by atoms with van der Waals surface area (Å²) in [6.45, 7) is 0. The zero-order chi connectivity index (χ0) is 15.6. The van der Waals surface area contributed by atoms with Crippen molar-refractivity contribution in [3.05, 3.63) is 29.8 Å². The van der Waals surface area contributed by atoms with Gasteiger partial charge in [-0.15, -0.1) is 0 Å². The van der Waals surface area contributed by atoms with Crippen LogP contribution in [0.15, 0.2) is 24.3 Å². The van der Waals surface area contributed by atoms with Gasteiger partial charge in [0.25, 0.3) is 0 Å². The van der Waals surface area contributed by atoms with E-state index in [0.29, 0.717) is 17.7 Å². The Labute approximate surface area is 119 Å². The lowest BCUT2D eigenvalue weighted by atomic mass is 10.1. The van der Waals surface area contributed by atoms with Gasteiger partial charge in [-0.3, -0.25) is 4.79 Å². The molecule has 1 amide bonds. The fourth-order valence-corrected chi connectivity index (χ4v) is 2.64. The highest BCUT2D eigenvalue weighted by atomic mass is 19.4. The minimum atomic E-state index is -5.03. The van der Waals surface area contributed by atoms with Crippen molar-refractivity contribution in [2.24, 2.45) is 0 Å². The summed E-state index contributed by atoms with van der Waals surface area (Å²) in [7, 11) is 0. The van der Waals surface area contributed by atoms with Gasteiger partial charge in [0.15, 0.2) is 0 Å². The van der Waals surface area contributed by atoms with E-state index in [9.17, 15) is 22.8 Å². The lowest BCUT2D eigenvalue weighted by Gasteiger charge is -2.30. The minimum absolute atomic E-state index is 0.195. The maximum Gasteiger partial charge on any atom is 0.471 e. The molecule has 1 aliphatic rings. The molecule has 1 aliphatic carbocycles. The summed E-state index contributed by atoms with van der Waals surface area (Å²) in [6.07, 6.45) is -2.71. The van der Waals surface area contributed by atoms with Gasteiger partial charge in [0.2, 0.25) is 0 Å². The minimum Gasteiger partial charge on any atom is -0.478 e. The number of nitrogens with zero attached hydrogens (tertiary/aromatic N) is 1. The van der Waals surface area contributed by atoms with Gasteiger partial charge in [0.05, 0.1) is 11.3 Å². The van der Waals surface area contributed by atoms with Crippen LogP contribution in [0.4, 0.5) is 18.9 Å². The Morgan fingerprint density at radius 2 is 1.71 bits per heavy atom. The van der Waals surface area contributed by atoms with Gasteiger partial charge < -0.3 is 10.0 Å². The van der Waals surface area contributed by atoms with Crippen LogP contribution in [-0.4, -0.2) is 29.2 Å². The first-order valence-corrected chi connectivity index (χ1v) is 6.55. The van der Waals surface area contributed by atoms with Crippen LogP contribution in [0.25, 0.3) is 0 Å². The number of amides is 1. The Morgan fingerprint density at radius 1 is 1.14 bits per heavy atom. The first-order chi connectivity index (χ1) is 9.82. The highest BCUT2D eigenvalue weighted by Crippen LogP contribution is 2.34. The molecule has 0 bridgehead atoms. The number of carboxylic acids is 1. The van der Waals surface area contributed by atoms with Crippen LogP contribution in [0.1, 0.15) is 36.0 Å². The van der Waals surface area contributed by atoms with E-state index in [4.69, 9.17) is 5.11 Å². The molecular formula is C14H14F3NO3. The van der Waals surface area contributed by atoms with E-state index in [2.05, 4.69) is 0 Å². The maximum atomic E-state index is 12.8. The van der Waals surface area contributed by atoms with Crippen molar-refractivity contribution in [2.45, 2.75) is 37.9 Å². The van der Waals surface area contributed by atoms with Gasteiger partial charge in [-0.2, -0.15) is 13.2 Å². The molecule has 0 radical (unpaired) electrons. The summed E-state index contributed by atoms with van der Waals surface area (Å²) < 4.78 is 38.5. The molecule has 0 aliphatic heterocycles. The Balaban J connectivity index is 2.50. The Bertz CT molecular complexity index is 551. The molecule has 0 heterocycles. The number of carbonyl (C=O) groups is 2. The quantitative estimate of drug-likeness (QED) is 0.932. The monoisotopic (exact) mass is 301 g/mol. The normalized spacial score (nSPS) is 16.0. The molecule has 1 saturated carbocycles. The van der Waals surface area contributed by atoms with E-state index in [1.165, 1.54) is 24.3 Å². The first kappa shape index (κ1) is 15.3. The lowest BCUT2D eigenvalue weighted by Crippen LogP contribution is -2.47. The van der Waals surface area contributed by atoms with Crippen molar-refractivity contribution in [3.8, 4) is 0 Å². The zero-order valence-electron chi connectivity index (χ0n) is 11.1. The average Bonchev–Trinajstić information content (AvgIpc) is 2.92. The Hall–Kier alpha value is -2.05. The first-order valence-electron chi connectivity index (χ1n) is 6.55. The molecule has 0 saturated heterocycles. The number of para-hydroxylation sites is 1. The molecule has 114 valence electrons. The maximum absolute atomic E-state index is 12.8. The van der Waals surface area contributed by atoms with E-state index in [1.807, 2.05) is 0 Å². The van der Waals surface area contributed by atoms with Crippen LogP contribution in [0.2, 0.25) is 0 Å². The number of carboxylic acid groups (broad SMARTS) is 1. The highest BCUT2D eigenvalue weighted by molar-refractivity contribution is 6.04. The van der Waals surface area contributed by atoms with Gasteiger partial charge in [-0.1, -0.05) is 25.0 Å². The molecule has 1 fully saturated rings.